The minimum atomic E-state index is 0.653. The molecule has 0 aliphatic carbocycles. The lowest BCUT2D eigenvalue weighted by molar-refractivity contribution is 0.400. The van der Waals surface area contributed by atoms with Gasteiger partial charge in [0.05, 0.1) is 11.4 Å². The molecular formula is C11H21N5S. The van der Waals surface area contributed by atoms with Gasteiger partial charge in [0.2, 0.25) is 0 Å². The van der Waals surface area contributed by atoms with Crippen molar-refractivity contribution in [2.75, 3.05) is 32.5 Å². The first-order valence-corrected chi connectivity index (χ1v) is 6.09. The quantitative estimate of drug-likeness (QED) is 0.606. The lowest BCUT2D eigenvalue weighted by Gasteiger charge is -2.12. The largest absolute Gasteiger partial charge is 0.362 e. The second-order valence-corrected chi connectivity index (χ2v) is 4.75. The number of rotatable bonds is 5. The van der Waals surface area contributed by atoms with Gasteiger partial charge < -0.3 is 15.5 Å². The Kier molecular flexibility index (Phi) is 5.37. The van der Waals surface area contributed by atoms with E-state index in [2.05, 4.69) is 34.7 Å². The van der Waals surface area contributed by atoms with E-state index in [1.807, 2.05) is 20.2 Å². The Hall–Kier alpha value is -1.14. The molecule has 0 aliphatic heterocycles. The number of thiocarbonyl (C=S) groups is 1. The third kappa shape index (κ3) is 5.14. The number of nitrogens with zero attached hydrogens (tertiary/aromatic N) is 3. The van der Waals surface area contributed by atoms with Crippen LogP contribution in [-0.2, 0) is 7.05 Å². The van der Waals surface area contributed by atoms with Crippen molar-refractivity contribution < 1.29 is 0 Å². The Morgan fingerprint density at radius 3 is 2.76 bits per heavy atom. The van der Waals surface area contributed by atoms with E-state index >= 15 is 0 Å². The fourth-order valence-corrected chi connectivity index (χ4v) is 1.70. The van der Waals surface area contributed by atoms with E-state index in [9.17, 15) is 0 Å². The van der Waals surface area contributed by atoms with Gasteiger partial charge in [0.15, 0.2) is 5.11 Å². The highest BCUT2D eigenvalue weighted by atomic mass is 32.1. The van der Waals surface area contributed by atoms with Gasteiger partial charge in [-0.2, -0.15) is 5.10 Å². The molecule has 1 aromatic heterocycles. The van der Waals surface area contributed by atoms with Crippen LogP contribution in [0.2, 0.25) is 0 Å². The van der Waals surface area contributed by atoms with Crippen LogP contribution < -0.4 is 10.6 Å². The summed E-state index contributed by atoms with van der Waals surface area (Å²) in [5, 5.41) is 11.2. The molecule has 2 N–H and O–H groups in total. The molecule has 1 aromatic rings. The summed E-state index contributed by atoms with van der Waals surface area (Å²) in [5.41, 5.74) is 1.91. The van der Waals surface area contributed by atoms with Crippen molar-refractivity contribution in [2.24, 2.45) is 7.05 Å². The second kappa shape index (κ2) is 6.56. The van der Waals surface area contributed by atoms with E-state index < -0.39 is 0 Å². The van der Waals surface area contributed by atoms with Crippen LogP contribution in [0.25, 0.3) is 0 Å². The molecule has 0 fully saturated rings. The molecule has 0 unspecified atom stereocenters. The van der Waals surface area contributed by atoms with E-state index in [1.165, 1.54) is 0 Å². The molecule has 96 valence electrons. The monoisotopic (exact) mass is 255 g/mol. The van der Waals surface area contributed by atoms with Crippen LogP contribution in [0.5, 0.6) is 0 Å². The molecule has 0 atom stereocenters. The van der Waals surface area contributed by atoms with E-state index in [-0.39, 0.29) is 0 Å². The van der Waals surface area contributed by atoms with Crippen LogP contribution >= 0.6 is 12.2 Å². The number of anilines is 1. The third-order valence-corrected chi connectivity index (χ3v) is 2.58. The number of hydrogen-bond acceptors (Lipinski definition) is 3. The van der Waals surface area contributed by atoms with E-state index in [0.717, 1.165) is 30.9 Å². The fraction of sp³-hybridized carbons (Fsp3) is 0.636. The van der Waals surface area contributed by atoms with Gasteiger partial charge >= 0.3 is 0 Å². The highest BCUT2D eigenvalue weighted by molar-refractivity contribution is 7.80. The third-order valence-electron chi connectivity index (χ3n) is 2.33. The minimum absolute atomic E-state index is 0.653. The van der Waals surface area contributed by atoms with Gasteiger partial charge in [0.25, 0.3) is 0 Å². The molecule has 1 rings (SSSR count). The van der Waals surface area contributed by atoms with Crippen LogP contribution in [0.4, 0.5) is 5.69 Å². The summed E-state index contributed by atoms with van der Waals surface area (Å²) in [6.45, 7) is 3.89. The second-order valence-electron chi connectivity index (χ2n) is 4.34. The lowest BCUT2D eigenvalue weighted by atomic mass is 10.4. The lowest BCUT2D eigenvalue weighted by Crippen LogP contribution is -2.30. The normalized spacial score (nSPS) is 10.6. The van der Waals surface area contributed by atoms with Crippen LogP contribution in [0.3, 0.4) is 0 Å². The van der Waals surface area contributed by atoms with Crippen molar-refractivity contribution in [2.45, 2.75) is 13.3 Å². The number of aryl methyl sites for hydroxylation is 2. The SMILES string of the molecule is Cc1nn(C)cc1NC(=S)NCCCN(C)C. The average molecular weight is 255 g/mol. The zero-order chi connectivity index (χ0) is 12.8. The Morgan fingerprint density at radius 2 is 2.24 bits per heavy atom. The Balaban J connectivity index is 2.28. The van der Waals surface area contributed by atoms with Crippen LogP contribution in [-0.4, -0.2) is 47.0 Å². The molecule has 0 aliphatic rings. The molecule has 0 amide bonds. The predicted octanol–water partition coefficient (Wildman–Crippen LogP) is 0.967. The molecule has 0 bridgehead atoms. The maximum absolute atomic E-state index is 5.21. The van der Waals surface area contributed by atoms with Crippen molar-refractivity contribution in [1.82, 2.24) is 20.0 Å². The highest BCUT2D eigenvalue weighted by Gasteiger charge is 2.04. The van der Waals surface area contributed by atoms with Gasteiger partial charge in [-0.1, -0.05) is 0 Å². The Morgan fingerprint density at radius 1 is 1.53 bits per heavy atom. The average Bonchev–Trinajstić information content (AvgIpc) is 2.52. The molecule has 1 heterocycles. The van der Waals surface area contributed by atoms with Gasteiger partial charge in [0.1, 0.15) is 0 Å². The van der Waals surface area contributed by atoms with Crippen LogP contribution in [0.15, 0.2) is 6.20 Å². The molecule has 0 aromatic carbocycles. The smallest absolute Gasteiger partial charge is 0.170 e. The fourth-order valence-electron chi connectivity index (χ4n) is 1.49. The zero-order valence-corrected chi connectivity index (χ0v) is 11.8. The molecule has 0 radical (unpaired) electrons. The van der Waals surface area contributed by atoms with Crippen molar-refractivity contribution in [3.8, 4) is 0 Å². The van der Waals surface area contributed by atoms with E-state index in [4.69, 9.17) is 12.2 Å². The zero-order valence-electron chi connectivity index (χ0n) is 10.9. The molecular weight excluding hydrogens is 234 g/mol. The number of hydrogen-bond donors (Lipinski definition) is 2. The summed E-state index contributed by atoms with van der Waals surface area (Å²) in [6, 6.07) is 0. The predicted molar refractivity (Wildman–Crippen MR) is 75.3 cm³/mol. The van der Waals surface area contributed by atoms with Crippen molar-refractivity contribution >= 4 is 23.0 Å². The summed E-state index contributed by atoms with van der Waals surface area (Å²) in [6.07, 6.45) is 2.99. The highest BCUT2D eigenvalue weighted by Crippen LogP contribution is 2.10. The van der Waals surface area contributed by atoms with Crippen LogP contribution in [0.1, 0.15) is 12.1 Å². The summed E-state index contributed by atoms with van der Waals surface area (Å²) in [7, 11) is 6.02. The minimum Gasteiger partial charge on any atom is -0.362 e. The number of aromatic nitrogens is 2. The van der Waals surface area contributed by atoms with Gasteiger partial charge in [-0.05, 0) is 46.2 Å². The topological polar surface area (TPSA) is 45.1 Å². The van der Waals surface area contributed by atoms with E-state index in [0.29, 0.717) is 5.11 Å². The Labute approximate surface area is 108 Å². The maximum Gasteiger partial charge on any atom is 0.170 e. The summed E-state index contributed by atoms with van der Waals surface area (Å²) in [5.74, 6) is 0. The summed E-state index contributed by atoms with van der Waals surface area (Å²) in [4.78, 5) is 2.16. The molecule has 0 spiro atoms. The first-order valence-electron chi connectivity index (χ1n) is 5.69. The number of nitrogens with one attached hydrogen (secondary N) is 2. The van der Waals surface area contributed by atoms with Gasteiger partial charge in [-0.3, -0.25) is 4.68 Å². The van der Waals surface area contributed by atoms with Crippen LogP contribution in [0, 0.1) is 6.92 Å². The summed E-state index contributed by atoms with van der Waals surface area (Å²) < 4.78 is 1.77. The van der Waals surface area contributed by atoms with Crippen molar-refractivity contribution in [3.05, 3.63) is 11.9 Å². The van der Waals surface area contributed by atoms with Crippen molar-refractivity contribution in [1.29, 1.82) is 0 Å². The Bertz CT molecular complexity index is 372. The maximum atomic E-state index is 5.21. The van der Waals surface area contributed by atoms with E-state index in [1.54, 1.807) is 4.68 Å². The first-order chi connectivity index (χ1) is 7.99. The van der Waals surface area contributed by atoms with Gasteiger partial charge in [-0.25, -0.2) is 0 Å². The van der Waals surface area contributed by atoms with Gasteiger partial charge in [-0.15, -0.1) is 0 Å². The molecule has 6 heteroatoms. The molecule has 17 heavy (non-hydrogen) atoms. The molecule has 5 nitrogen and oxygen atoms in total. The standard InChI is InChI=1S/C11H21N5S/c1-9-10(8-16(4)14-9)13-11(17)12-6-5-7-15(2)3/h8H,5-7H2,1-4H3,(H2,12,13,17). The molecule has 0 saturated carbocycles. The van der Waals surface area contributed by atoms with Crippen molar-refractivity contribution in [3.63, 3.8) is 0 Å². The summed E-state index contributed by atoms with van der Waals surface area (Å²) >= 11 is 5.21. The first kappa shape index (κ1) is 13.9. The molecule has 0 saturated heterocycles. The van der Waals surface area contributed by atoms with Gasteiger partial charge in [0, 0.05) is 19.8 Å².